The van der Waals surface area contributed by atoms with Gasteiger partial charge in [0.2, 0.25) is 5.91 Å². The van der Waals surface area contributed by atoms with E-state index in [0.717, 1.165) is 12.8 Å². The van der Waals surface area contributed by atoms with Gasteiger partial charge in [0, 0.05) is 18.3 Å². The fourth-order valence-corrected chi connectivity index (χ4v) is 1.95. The highest BCUT2D eigenvalue weighted by atomic mass is 35.5. The molecule has 1 fully saturated rings. The van der Waals surface area contributed by atoms with Gasteiger partial charge >= 0.3 is 0 Å². The Labute approximate surface area is 110 Å². The molecule has 5 heteroatoms. The fraction of sp³-hybridized carbons (Fsp3) is 0.462. The number of carbonyl (C=O) groups is 1. The number of carbonyl (C=O) groups excluding carboxylic acids is 1. The van der Waals surface area contributed by atoms with Gasteiger partial charge in [-0.25, -0.2) is 4.39 Å². The van der Waals surface area contributed by atoms with Crippen LogP contribution in [0.1, 0.15) is 12.8 Å². The van der Waals surface area contributed by atoms with Crippen LogP contribution in [0.15, 0.2) is 18.2 Å². The number of ether oxygens (including phenoxy) is 1. The SMILES string of the molecule is COc1ccc(N(CC2CC2)C(=O)CCl)cc1F. The minimum Gasteiger partial charge on any atom is -0.494 e. The third kappa shape index (κ3) is 2.93. The maximum atomic E-state index is 13.6. The van der Waals surface area contributed by atoms with Crippen molar-refractivity contribution < 1.29 is 13.9 Å². The van der Waals surface area contributed by atoms with Crippen LogP contribution in [0, 0.1) is 11.7 Å². The van der Waals surface area contributed by atoms with Gasteiger partial charge in [-0.05, 0) is 30.9 Å². The molecule has 0 unspecified atom stereocenters. The normalized spacial score (nSPS) is 14.4. The average Bonchev–Trinajstić information content (AvgIpc) is 3.19. The van der Waals surface area contributed by atoms with Gasteiger partial charge in [-0.15, -0.1) is 11.6 Å². The van der Waals surface area contributed by atoms with Gasteiger partial charge in [-0.3, -0.25) is 4.79 Å². The Hall–Kier alpha value is -1.29. The Bertz CT molecular complexity index is 449. The van der Waals surface area contributed by atoms with E-state index in [9.17, 15) is 9.18 Å². The molecule has 1 saturated carbocycles. The Morgan fingerprint density at radius 3 is 2.78 bits per heavy atom. The molecule has 3 nitrogen and oxygen atoms in total. The topological polar surface area (TPSA) is 29.5 Å². The number of benzene rings is 1. The van der Waals surface area contributed by atoms with E-state index in [4.69, 9.17) is 16.3 Å². The molecule has 1 aromatic rings. The minimum atomic E-state index is -0.474. The van der Waals surface area contributed by atoms with E-state index in [2.05, 4.69) is 0 Å². The highest BCUT2D eigenvalue weighted by Gasteiger charge is 2.27. The number of halogens is 2. The number of anilines is 1. The van der Waals surface area contributed by atoms with Gasteiger partial charge in [0.25, 0.3) is 0 Å². The van der Waals surface area contributed by atoms with Crippen LogP contribution in [-0.4, -0.2) is 25.4 Å². The van der Waals surface area contributed by atoms with Crippen molar-refractivity contribution in [3.63, 3.8) is 0 Å². The molecule has 0 atom stereocenters. The molecule has 18 heavy (non-hydrogen) atoms. The maximum absolute atomic E-state index is 13.6. The summed E-state index contributed by atoms with van der Waals surface area (Å²) in [7, 11) is 1.41. The van der Waals surface area contributed by atoms with E-state index in [-0.39, 0.29) is 17.5 Å². The standard InChI is InChI=1S/C13H15ClFNO2/c1-18-12-5-4-10(6-11(12)15)16(13(17)7-14)8-9-2-3-9/h4-6,9H,2-3,7-8H2,1H3. The van der Waals surface area contributed by atoms with Crippen LogP contribution in [0.4, 0.5) is 10.1 Å². The average molecular weight is 272 g/mol. The molecule has 0 radical (unpaired) electrons. The third-order valence-corrected chi connectivity index (χ3v) is 3.23. The predicted octanol–water partition coefficient (Wildman–Crippen LogP) is 2.82. The zero-order valence-corrected chi connectivity index (χ0v) is 10.9. The van der Waals surface area contributed by atoms with Crippen molar-refractivity contribution in [3.05, 3.63) is 24.0 Å². The number of alkyl halides is 1. The van der Waals surface area contributed by atoms with Crippen molar-refractivity contribution in [2.45, 2.75) is 12.8 Å². The second-order valence-electron chi connectivity index (χ2n) is 4.40. The largest absolute Gasteiger partial charge is 0.494 e. The first-order valence-corrected chi connectivity index (χ1v) is 6.39. The van der Waals surface area contributed by atoms with Crippen molar-refractivity contribution in [2.75, 3.05) is 24.4 Å². The molecular formula is C13H15ClFNO2. The summed E-state index contributed by atoms with van der Waals surface area (Å²) in [4.78, 5) is 13.3. The number of rotatable bonds is 5. The van der Waals surface area contributed by atoms with Crippen molar-refractivity contribution in [2.24, 2.45) is 5.92 Å². The lowest BCUT2D eigenvalue weighted by atomic mass is 10.2. The Balaban J connectivity index is 2.23. The van der Waals surface area contributed by atoms with Crippen LogP contribution in [0.2, 0.25) is 0 Å². The molecule has 0 heterocycles. The monoisotopic (exact) mass is 271 g/mol. The number of hydrogen-bond acceptors (Lipinski definition) is 2. The summed E-state index contributed by atoms with van der Waals surface area (Å²) in [5.74, 6) is -0.0857. The van der Waals surface area contributed by atoms with Crippen LogP contribution >= 0.6 is 11.6 Å². The number of nitrogens with zero attached hydrogens (tertiary/aromatic N) is 1. The fourth-order valence-electron chi connectivity index (χ4n) is 1.81. The van der Waals surface area contributed by atoms with Crippen molar-refractivity contribution in [1.29, 1.82) is 0 Å². The maximum Gasteiger partial charge on any atom is 0.241 e. The van der Waals surface area contributed by atoms with Gasteiger partial charge in [0.05, 0.1) is 7.11 Å². The molecule has 0 saturated heterocycles. The van der Waals surface area contributed by atoms with E-state index < -0.39 is 5.82 Å². The molecule has 1 amide bonds. The molecule has 98 valence electrons. The Kier molecular flexibility index (Phi) is 4.07. The number of amides is 1. The van der Waals surface area contributed by atoms with Gasteiger partial charge < -0.3 is 9.64 Å². The minimum absolute atomic E-state index is 0.0969. The summed E-state index contributed by atoms with van der Waals surface area (Å²) in [5.41, 5.74) is 0.533. The lowest BCUT2D eigenvalue weighted by Gasteiger charge is -2.22. The Morgan fingerprint density at radius 2 is 2.28 bits per heavy atom. The lowest BCUT2D eigenvalue weighted by molar-refractivity contribution is -0.116. The Morgan fingerprint density at radius 1 is 1.56 bits per heavy atom. The number of methoxy groups -OCH3 is 1. The van der Waals surface area contributed by atoms with E-state index in [1.807, 2.05) is 0 Å². The first-order valence-electron chi connectivity index (χ1n) is 5.85. The summed E-state index contributed by atoms with van der Waals surface area (Å²) in [6, 6.07) is 4.51. The molecule has 0 spiro atoms. The highest BCUT2D eigenvalue weighted by molar-refractivity contribution is 6.29. The summed E-state index contributed by atoms with van der Waals surface area (Å²) in [6.07, 6.45) is 2.23. The third-order valence-electron chi connectivity index (χ3n) is 3.00. The molecule has 1 aromatic carbocycles. The molecule has 2 rings (SSSR count). The van der Waals surface area contributed by atoms with E-state index in [0.29, 0.717) is 18.2 Å². The molecule has 1 aliphatic rings. The van der Waals surface area contributed by atoms with Crippen LogP contribution in [0.3, 0.4) is 0 Å². The second kappa shape index (κ2) is 5.57. The lowest BCUT2D eigenvalue weighted by Crippen LogP contribution is -2.33. The molecule has 0 N–H and O–H groups in total. The van der Waals surface area contributed by atoms with Gasteiger partial charge in [0.15, 0.2) is 11.6 Å². The first-order chi connectivity index (χ1) is 8.65. The van der Waals surface area contributed by atoms with Crippen LogP contribution in [0.5, 0.6) is 5.75 Å². The zero-order chi connectivity index (χ0) is 13.1. The quantitative estimate of drug-likeness (QED) is 0.771. The highest BCUT2D eigenvalue weighted by Crippen LogP contribution is 2.32. The summed E-state index contributed by atoms with van der Waals surface area (Å²) >= 11 is 5.59. The summed E-state index contributed by atoms with van der Waals surface area (Å²) < 4.78 is 18.5. The van der Waals surface area contributed by atoms with E-state index in [1.165, 1.54) is 19.2 Å². The second-order valence-corrected chi connectivity index (χ2v) is 4.67. The van der Waals surface area contributed by atoms with Crippen molar-refractivity contribution in [3.8, 4) is 5.75 Å². The van der Waals surface area contributed by atoms with Crippen molar-refractivity contribution >= 4 is 23.2 Å². The zero-order valence-electron chi connectivity index (χ0n) is 10.2. The molecule has 0 aliphatic heterocycles. The van der Waals surface area contributed by atoms with E-state index in [1.54, 1.807) is 11.0 Å². The smallest absolute Gasteiger partial charge is 0.241 e. The van der Waals surface area contributed by atoms with Crippen LogP contribution < -0.4 is 9.64 Å². The number of hydrogen-bond donors (Lipinski definition) is 0. The molecular weight excluding hydrogens is 257 g/mol. The van der Waals surface area contributed by atoms with Crippen molar-refractivity contribution in [1.82, 2.24) is 0 Å². The van der Waals surface area contributed by atoms with Gasteiger partial charge in [-0.1, -0.05) is 0 Å². The summed E-state index contributed by atoms with van der Waals surface area (Å²) in [5, 5.41) is 0. The molecule has 0 aromatic heterocycles. The molecule has 0 bridgehead atoms. The predicted molar refractivity (Wildman–Crippen MR) is 68.7 cm³/mol. The summed E-state index contributed by atoms with van der Waals surface area (Å²) in [6.45, 7) is 0.608. The van der Waals surface area contributed by atoms with Gasteiger partial charge in [0.1, 0.15) is 5.88 Å². The van der Waals surface area contributed by atoms with Crippen LogP contribution in [-0.2, 0) is 4.79 Å². The van der Waals surface area contributed by atoms with Gasteiger partial charge in [-0.2, -0.15) is 0 Å². The van der Waals surface area contributed by atoms with Crippen LogP contribution in [0.25, 0.3) is 0 Å². The first kappa shape index (κ1) is 13.1. The van der Waals surface area contributed by atoms with E-state index >= 15 is 0 Å². The molecule has 1 aliphatic carbocycles.